The normalized spacial score (nSPS) is 11.5. The van der Waals surface area contributed by atoms with Crippen LogP contribution in [0.25, 0.3) is 72.0 Å². The van der Waals surface area contributed by atoms with Gasteiger partial charge < -0.3 is 14.2 Å². The molecule has 0 saturated carbocycles. The first-order valence-corrected chi connectivity index (χ1v) is 20.1. The van der Waals surface area contributed by atoms with Gasteiger partial charge in [-0.3, -0.25) is 0 Å². The Hall–Kier alpha value is -7.83. The maximum absolute atomic E-state index is 12.8. The van der Waals surface area contributed by atoms with E-state index in [1.54, 1.807) is 12.1 Å². The Bertz CT molecular complexity index is 3050. The van der Waals surface area contributed by atoms with Crippen molar-refractivity contribution in [1.29, 1.82) is 0 Å². The van der Waals surface area contributed by atoms with Crippen molar-refractivity contribution in [3.63, 3.8) is 0 Å². The Morgan fingerprint density at radius 3 is 1.16 bits per heavy atom. The molecule has 0 N–H and O–H groups in total. The Morgan fingerprint density at radius 2 is 0.705 bits per heavy atom. The number of rotatable bonds is 9. The highest BCUT2D eigenvalue weighted by Crippen LogP contribution is 2.39. The number of para-hydroxylation sites is 2. The molecular weight excluding hydrogens is 762 g/mol. The molecule has 0 fully saturated rings. The summed E-state index contributed by atoms with van der Waals surface area (Å²) in [6, 6.07) is 75.9. The van der Waals surface area contributed by atoms with Crippen molar-refractivity contribution in [2.75, 3.05) is 4.90 Å². The molecular formula is C55H37F3N2O. The minimum Gasteiger partial charge on any atom is -0.406 e. The summed E-state index contributed by atoms with van der Waals surface area (Å²) in [6.45, 7) is 0. The van der Waals surface area contributed by atoms with E-state index in [1.165, 1.54) is 45.1 Å². The van der Waals surface area contributed by atoms with Gasteiger partial charge in [0, 0.05) is 33.5 Å². The van der Waals surface area contributed by atoms with Crippen molar-refractivity contribution in [2.45, 2.75) is 6.36 Å². The Labute approximate surface area is 351 Å². The zero-order valence-corrected chi connectivity index (χ0v) is 32.8. The molecule has 0 spiro atoms. The third-order valence-electron chi connectivity index (χ3n) is 11.1. The van der Waals surface area contributed by atoms with E-state index in [0.29, 0.717) is 0 Å². The zero-order chi connectivity index (χ0) is 41.3. The van der Waals surface area contributed by atoms with Crippen molar-refractivity contribution in [3.05, 3.63) is 224 Å². The summed E-state index contributed by atoms with van der Waals surface area (Å²) in [5, 5.41) is 2.45. The topological polar surface area (TPSA) is 17.4 Å². The van der Waals surface area contributed by atoms with Crippen molar-refractivity contribution in [2.24, 2.45) is 0 Å². The highest BCUT2D eigenvalue weighted by molar-refractivity contribution is 6.09. The summed E-state index contributed by atoms with van der Waals surface area (Å²) in [6.07, 6.45) is -4.74. The van der Waals surface area contributed by atoms with Crippen molar-refractivity contribution in [3.8, 4) is 55.9 Å². The molecule has 0 radical (unpaired) electrons. The van der Waals surface area contributed by atoms with E-state index in [0.717, 1.165) is 56.1 Å². The second-order valence-corrected chi connectivity index (χ2v) is 14.9. The minimum atomic E-state index is -4.74. The lowest BCUT2D eigenvalue weighted by Gasteiger charge is -2.26. The summed E-state index contributed by atoms with van der Waals surface area (Å²) >= 11 is 0. The molecule has 6 heteroatoms. The van der Waals surface area contributed by atoms with Crippen molar-refractivity contribution >= 4 is 38.9 Å². The van der Waals surface area contributed by atoms with Gasteiger partial charge in [0.25, 0.3) is 0 Å². The van der Waals surface area contributed by atoms with Crippen LogP contribution in [0, 0.1) is 0 Å². The van der Waals surface area contributed by atoms with Crippen molar-refractivity contribution < 1.29 is 17.9 Å². The molecule has 0 aliphatic heterocycles. The predicted octanol–water partition coefficient (Wildman–Crippen LogP) is 15.8. The lowest BCUT2D eigenvalue weighted by atomic mass is 10.00. The molecule has 0 amide bonds. The summed E-state index contributed by atoms with van der Waals surface area (Å²) < 4.78 is 44.8. The number of alkyl halides is 3. The monoisotopic (exact) mass is 798 g/mol. The Morgan fingerprint density at radius 1 is 0.344 bits per heavy atom. The van der Waals surface area contributed by atoms with Crippen LogP contribution in [0.2, 0.25) is 0 Å². The molecule has 9 aromatic carbocycles. The molecule has 294 valence electrons. The van der Waals surface area contributed by atoms with E-state index in [9.17, 15) is 13.2 Å². The number of nitrogens with zero attached hydrogens (tertiary/aromatic N) is 2. The van der Waals surface area contributed by atoms with Gasteiger partial charge in [-0.15, -0.1) is 13.2 Å². The Balaban J connectivity index is 0.982. The van der Waals surface area contributed by atoms with Gasteiger partial charge >= 0.3 is 6.36 Å². The van der Waals surface area contributed by atoms with Gasteiger partial charge in [0.1, 0.15) is 5.75 Å². The van der Waals surface area contributed by atoms with Gasteiger partial charge in [-0.25, -0.2) is 0 Å². The van der Waals surface area contributed by atoms with E-state index in [4.69, 9.17) is 0 Å². The molecule has 0 atom stereocenters. The van der Waals surface area contributed by atoms with Gasteiger partial charge in [-0.1, -0.05) is 152 Å². The van der Waals surface area contributed by atoms with Gasteiger partial charge in [-0.2, -0.15) is 0 Å². The summed E-state index contributed by atoms with van der Waals surface area (Å²) in [7, 11) is 0. The Kier molecular flexibility index (Phi) is 9.66. The van der Waals surface area contributed by atoms with Gasteiger partial charge in [0.2, 0.25) is 0 Å². The molecule has 0 aliphatic rings. The molecule has 1 aromatic heterocycles. The first kappa shape index (κ1) is 37.4. The highest BCUT2D eigenvalue weighted by atomic mass is 19.4. The highest BCUT2D eigenvalue weighted by Gasteiger charge is 2.31. The number of anilines is 3. The standard InChI is InChI=1S/C55H37F3N2O/c56-55(57,58)61-50-35-27-43(28-36-50)42-23-31-47(32-24-42)59(46-29-21-41(22-30-46)40-19-17-39(18-20-40)38-9-2-1-3-10-38)48-33-25-44(26-34-48)45-11-8-12-49(37-45)60-53-15-6-4-13-51(53)52-14-5-7-16-54(52)60/h1-37H. The fraction of sp³-hybridized carbons (Fsp3) is 0.0182. The van der Waals surface area contributed by atoms with E-state index < -0.39 is 6.36 Å². The minimum absolute atomic E-state index is 0.253. The quantitative estimate of drug-likeness (QED) is 0.145. The van der Waals surface area contributed by atoms with Crippen LogP contribution in [0.5, 0.6) is 5.75 Å². The van der Waals surface area contributed by atoms with E-state index >= 15 is 0 Å². The molecule has 10 rings (SSSR count). The molecule has 1 heterocycles. The second kappa shape index (κ2) is 15.7. The lowest BCUT2D eigenvalue weighted by Crippen LogP contribution is -2.16. The summed E-state index contributed by atoms with van der Waals surface area (Å²) in [4.78, 5) is 2.21. The molecule has 3 nitrogen and oxygen atoms in total. The van der Waals surface area contributed by atoms with Gasteiger partial charge in [0.05, 0.1) is 11.0 Å². The van der Waals surface area contributed by atoms with Crippen LogP contribution in [0.15, 0.2) is 224 Å². The first-order valence-electron chi connectivity index (χ1n) is 20.1. The largest absolute Gasteiger partial charge is 0.573 e. The van der Waals surface area contributed by atoms with E-state index in [2.05, 4.69) is 184 Å². The van der Waals surface area contributed by atoms with Crippen LogP contribution < -0.4 is 9.64 Å². The van der Waals surface area contributed by atoms with Crippen LogP contribution in [-0.2, 0) is 0 Å². The van der Waals surface area contributed by atoms with Crippen LogP contribution in [0.1, 0.15) is 0 Å². The number of ether oxygens (including phenoxy) is 1. The third-order valence-corrected chi connectivity index (χ3v) is 11.1. The average molecular weight is 799 g/mol. The summed E-state index contributed by atoms with van der Waals surface area (Å²) in [5.74, 6) is -0.253. The number of halogens is 3. The smallest absolute Gasteiger partial charge is 0.406 e. The maximum atomic E-state index is 12.8. The zero-order valence-electron chi connectivity index (χ0n) is 32.8. The average Bonchev–Trinajstić information content (AvgIpc) is 3.64. The van der Waals surface area contributed by atoms with Gasteiger partial charge in [-0.05, 0) is 117 Å². The molecule has 0 saturated heterocycles. The van der Waals surface area contributed by atoms with Crippen LogP contribution in [0.3, 0.4) is 0 Å². The number of hydrogen-bond acceptors (Lipinski definition) is 2. The van der Waals surface area contributed by atoms with E-state index in [1.807, 2.05) is 30.3 Å². The molecule has 0 unspecified atom stereocenters. The first-order chi connectivity index (χ1) is 29.8. The number of fused-ring (bicyclic) bond motifs is 3. The predicted molar refractivity (Wildman–Crippen MR) is 244 cm³/mol. The van der Waals surface area contributed by atoms with Crippen LogP contribution in [-0.4, -0.2) is 10.9 Å². The van der Waals surface area contributed by atoms with Gasteiger partial charge in [0.15, 0.2) is 0 Å². The maximum Gasteiger partial charge on any atom is 0.573 e. The SMILES string of the molecule is FC(F)(F)Oc1ccc(-c2ccc(N(c3ccc(-c4ccc(-c5ccccc5)cc4)cc3)c3ccc(-c4cccc(-n5c6ccccc6c6ccccc65)c4)cc3)cc2)cc1. The van der Waals surface area contributed by atoms with E-state index in [-0.39, 0.29) is 5.75 Å². The molecule has 0 aliphatic carbocycles. The fourth-order valence-electron chi connectivity index (χ4n) is 8.22. The molecule has 10 aromatic rings. The lowest BCUT2D eigenvalue weighted by molar-refractivity contribution is -0.274. The van der Waals surface area contributed by atoms with Crippen LogP contribution >= 0.6 is 0 Å². The third kappa shape index (κ3) is 7.63. The molecule has 0 bridgehead atoms. The van der Waals surface area contributed by atoms with Crippen LogP contribution in [0.4, 0.5) is 30.2 Å². The second-order valence-electron chi connectivity index (χ2n) is 14.9. The number of benzene rings is 9. The van der Waals surface area contributed by atoms with Crippen molar-refractivity contribution in [1.82, 2.24) is 4.57 Å². The molecule has 61 heavy (non-hydrogen) atoms. The number of aromatic nitrogens is 1. The summed E-state index contributed by atoms with van der Waals surface area (Å²) in [5.41, 5.74) is 14.7. The number of hydrogen-bond donors (Lipinski definition) is 0. The fourth-order valence-corrected chi connectivity index (χ4v) is 8.22.